The molecule has 0 radical (unpaired) electrons. The highest BCUT2D eigenvalue weighted by Crippen LogP contribution is 2.22. The van der Waals surface area contributed by atoms with E-state index in [1.807, 2.05) is 30.3 Å². The molecule has 3 nitrogen and oxygen atoms in total. The second-order valence-electron chi connectivity index (χ2n) is 4.83. The van der Waals surface area contributed by atoms with Crippen LogP contribution in [0.5, 0.6) is 5.75 Å². The van der Waals surface area contributed by atoms with Crippen molar-refractivity contribution in [1.82, 2.24) is 5.32 Å². The highest BCUT2D eigenvalue weighted by molar-refractivity contribution is 6.32. The Balaban J connectivity index is 1.76. The van der Waals surface area contributed by atoms with E-state index in [1.54, 1.807) is 12.1 Å². The fourth-order valence-corrected chi connectivity index (χ4v) is 2.11. The van der Waals surface area contributed by atoms with Gasteiger partial charge in [-0.05, 0) is 23.6 Å². The van der Waals surface area contributed by atoms with Crippen LogP contribution < -0.4 is 10.1 Å². The molecule has 2 aromatic rings. The number of carbonyl (C=O) groups excluding carboxylic acids is 1. The number of hydrogen-bond acceptors (Lipinski definition) is 2. The summed E-state index contributed by atoms with van der Waals surface area (Å²) in [6.45, 7) is 2.62. The molecule has 0 bridgehead atoms. The molecule has 1 amide bonds. The van der Waals surface area contributed by atoms with Crippen molar-refractivity contribution in [3.05, 3.63) is 65.2 Å². The lowest BCUT2D eigenvalue weighted by Crippen LogP contribution is -2.31. The first-order chi connectivity index (χ1) is 10.2. The SMILES string of the molecule is CC(CNC(=O)COc1ccccc1Cl)c1ccccc1. The molecule has 1 unspecified atom stereocenters. The van der Waals surface area contributed by atoms with Gasteiger partial charge in [-0.2, -0.15) is 0 Å². The zero-order valence-corrected chi connectivity index (χ0v) is 12.6. The molecule has 0 saturated carbocycles. The predicted octanol–water partition coefficient (Wildman–Crippen LogP) is 3.64. The van der Waals surface area contributed by atoms with E-state index in [4.69, 9.17) is 16.3 Å². The highest BCUT2D eigenvalue weighted by Gasteiger charge is 2.08. The van der Waals surface area contributed by atoms with Crippen molar-refractivity contribution in [2.24, 2.45) is 0 Å². The number of rotatable bonds is 6. The van der Waals surface area contributed by atoms with Crippen LogP contribution in [0.4, 0.5) is 0 Å². The third kappa shape index (κ3) is 4.80. The Morgan fingerprint density at radius 3 is 2.52 bits per heavy atom. The number of carbonyl (C=O) groups is 1. The second-order valence-corrected chi connectivity index (χ2v) is 5.24. The van der Waals surface area contributed by atoms with E-state index in [0.717, 1.165) is 0 Å². The van der Waals surface area contributed by atoms with Gasteiger partial charge in [-0.15, -0.1) is 0 Å². The van der Waals surface area contributed by atoms with Crippen molar-refractivity contribution >= 4 is 17.5 Å². The molecule has 1 atom stereocenters. The van der Waals surface area contributed by atoms with E-state index in [1.165, 1.54) is 5.56 Å². The molecule has 0 aromatic heterocycles. The normalized spacial score (nSPS) is 11.7. The number of amides is 1. The van der Waals surface area contributed by atoms with Crippen molar-refractivity contribution in [3.63, 3.8) is 0 Å². The zero-order valence-electron chi connectivity index (χ0n) is 11.9. The summed E-state index contributed by atoms with van der Waals surface area (Å²) in [6.07, 6.45) is 0. The first-order valence-corrected chi connectivity index (χ1v) is 7.23. The molecule has 2 rings (SSSR count). The summed E-state index contributed by atoms with van der Waals surface area (Å²) in [5, 5.41) is 3.37. The maximum absolute atomic E-state index is 11.8. The van der Waals surface area contributed by atoms with E-state index in [0.29, 0.717) is 17.3 Å². The molecule has 0 aliphatic carbocycles. The van der Waals surface area contributed by atoms with Crippen molar-refractivity contribution in [2.45, 2.75) is 12.8 Å². The molecular weight excluding hydrogens is 286 g/mol. The summed E-state index contributed by atoms with van der Waals surface area (Å²) < 4.78 is 5.39. The van der Waals surface area contributed by atoms with Crippen LogP contribution in [0.1, 0.15) is 18.4 Å². The van der Waals surface area contributed by atoms with Gasteiger partial charge in [0, 0.05) is 6.54 Å². The molecule has 0 aliphatic heterocycles. The number of para-hydroxylation sites is 1. The van der Waals surface area contributed by atoms with Gasteiger partial charge in [-0.3, -0.25) is 4.79 Å². The van der Waals surface area contributed by atoms with Crippen LogP contribution in [0.25, 0.3) is 0 Å². The van der Waals surface area contributed by atoms with Crippen LogP contribution >= 0.6 is 11.6 Å². The summed E-state index contributed by atoms with van der Waals surface area (Å²) in [6, 6.07) is 17.2. The minimum Gasteiger partial charge on any atom is -0.482 e. The van der Waals surface area contributed by atoms with Gasteiger partial charge in [0.25, 0.3) is 5.91 Å². The Hall–Kier alpha value is -2.00. The fraction of sp³-hybridized carbons (Fsp3) is 0.235. The van der Waals surface area contributed by atoms with Crippen LogP contribution in [-0.4, -0.2) is 19.1 Å². The number of halogens is 1. The highest BCUT2D eigenvalue weighted by atomic mass is 35.5. The van der Waals surface area contributed by atoms with E-state index in [2.05, 4.69) is 24.4 Å². The largest absolute Gasteiger partial charge is 0.482 e. The summed E-state index contributed by atoms with van der Waals surface area (Å²) in [5.74, 6) is 0.624. The van der Waals surface area contributed by atoms with Crippen molar-refractivity contribution in [3.8, 4) is 5.75 Å². The third-order valence-electron chi connectivity index (χ3n) is 3.17. The van der Waals surface area contributed by atoms with E-state index < -0.39 is 0 Å². The van der Waals surface area contributed by atoms with E-state index in [-0.39, 0.29) is 18.4 Å². The van der Waals surface area contributed by atoms with Crippen LogP contribution in [-0.2, 0) is 4.79 Å². The summed E-state index contributed by atoms with van der Waals surface area (Å²) in [7, 11) is 0. The van der Waals surface area contributed by atoms with Crippen LogP contribution in [0.3, 0.4) is 0 Å². The van der Waals surface area contributed by atoms with E-state index >= 15 is 0 Å². The molecule has 4 heteroatoms. The maximum atomic E-state index is 11.8. The molecular formula is C17H18ClNO2. The first-order valence-electron chi connectivity index (χ1n) is 6.86. The Kier molecular flexibility index (Phi) is 5.64. The summed E-state index contributed by atoms with van der Waals surface area (Å²) in [4.78, 5) is 11.8. The predicted molar refractivity (Wildman–Crippen MR) is 84.8 cm³/mol. The number of benzene rings is 2. The first kappa shape index (κ1) is 15.4. The molecule has 0 aliphatic rings. The molecule has 0 saturated heterocycles. The lowest BCUT2D eigenvalue weighted by molar-refractivity contribution is -0.123. The van der Waals surface area contributed by atoms with Crippen LogP contribution in [0.15, 0.2) is 54.6 Å². The lowest BCUT2D eigenvalue weighted by atomic mass is 10.0. The van der Waals surface area contributed by atoms with Crippen molar-refractivity contribution in [1.29, 1.82) is 0 Å². The Morgan fingerprint density at radius 2 is 1.81 bits per heavy atom. The Labute approximate surface area is 129 Å². The lowest BCUT2D eigenvalue weighted by Gasteiger charge is -2.13. The Morgan fingerprint density at radius 1 is 1.14 bits per heavy atom. The molecule has 2 aromatic carbocycles. The zero-order chi connectivity index (χ0) is 15.1. The van der Waals surface area contributed by atoms with Crippen LogP contribution in [0, 0.1) is 0 Å². The minimum atomic E-state index is -0.155. The van der Waals surface area contributed by atoms with Crippen molar-refractivity contribution < 1.29 is 9.53 Å². The average molecular weight is 304 g/mol. The van der Waals surface area contributed by atoms with Gasteiger partial charge in [0.1, 0.15) is 5.75 Å². The van der Waals surface area contributed by atoms with Crippen molar-refractivity contribution in [2.75, 3.05) is 13.2 Å². The number of ether oxygens (including phenoxy) is 1. The van der Waals surface area contributed by atoms with Gasteiger partial charge in [-0.1, -0.05) is 61.0 Å². The average Bonchev–Trinajstić information content (AvgIpc) is 2.52. The number of nitrogens with one attached hydrogen (secondary N) is 1. The Bertz CT molecular complexity index is 586. The van der Waals surface area contributed by atoms with Gasteiger partial charge in [-0.25, -0.2) is 0 Å². The quantitative estimate of drug-likeness (QED) is 0.885. The summed E-state index contributed by atoms with van der Waals surface area (Å²) in [5.41, 5.74) is 1.20. The maximum Gasteiger partial charge on any atom is 0.257 e. The third-order valence-corrected chi connectivity index (χ3v) is 3.48. The van der Waals surface area contributed by atoms with Gasteiger partial charge >= 0.3 is 0 Å². The second kappa shape index (κ2) is 7.70. The molecule has 0 fully saturated rings. The smallest absolute Gasteiger partial charge is 0.257 e. The van der Waals surface area contributed by atoms with Gasteiger partial charge in [0.05, 0.1) is 5.02 Å². The van der Waals surface area contributed by atoms with E-state index in [9.17, 15) is 4.79 Å². The van der Waals surface area contributed by atoms with Gasteiger partial charge < -0.3 is 10.1 Å². The standard InChI is InChI=1S/C17H18ClNO2/c1-13(14-7-3-2-4-8-14)11-19-17(20)12-21-16-10-6-5-9-15(16)18/h2-10,13H,11-12H2,1H3,(H,19,20). The molecule has 0 spiro atoms. The fourth-order valence-electron chi connectivity index (χ4n) is 1.92. The van der Waals surface area contributed by atoms with Gasteiger partial charge in [0.2, 0.25) is 0 Å². The molecule has 21 heavy (non-hydrogen) atoms. The number of hydrogen-bond donors (Lipinski definition) is 1. The minimum absolute atomic E-state index is 0.0365. The monoisotopic (exact) mass is 303 g/mol. The van der Waals surface area contributed by atoms with Crippen LogP contribution in [0.2, 0.25) is 5.02 Å². The van der Waals surface area contributed by atoms with Gasteiger partial charge in [0.15, 0.2) is 6.61 Å². The molecule has 110 valence electrons. The topological polar surface area (TPSA) is 38.3 Å². The molecule has 1 N–H and O–H groups in total. The summed E-state index contributed by atoms with van der Waals surface area (Å²) >= 11 is 5.96. The molecule has 0 heterocycles.